The quantitative estimate of drug-likeness (QED) is 0.718. The molecule has 9 heteroatoms. The number of nitrogens with zero attached hydrogens (tertiary/aromatic N) is 1. The lowest BCUT2D eigenvalue weighted by Gasteiger charge is -2.26. The summed E-state index contributed by atoms with van der Waals surface area (Å²) in [4.78, 5) is 12.3. The lowest BCUT2D eigenvalue weighted by atomic mass is 10.1. The number of hydrogen-bond acceptors (Lipinski definition) is 5. The van der Waals surface area contributed by atoms with Gasteiger partial charge in [0.2, 0.25) is 10.0 Å². The predicted molar refractivity (Wildman–Crippen MR) is 110 cm³/mol. The Morgan fingerprint density at radius 3 is 2.38 bits per heavy atom. The molecule has 0 aromatic heterocycles. The molecule has 0 aliphatic carbocycles. The number of nitrogens with one attached hydrogen (secondary N) is 1. The third-order valence-corrected chi connectivity index (χ3v) is 6.71. The third-order valence-electron chi connectivity index (χ3n) is 4.55. The van der Waals surface area contributed by atoms with Crippen molar-refractivity contribution in [2.75, 3.05) is 32.9 Å². The summed E-state index contributed by atoms with van der Waals surface area (Å²) in [5.74, 6) is 0.137. The van der Waals surface area contributed by atoms with Crippen molar-refractivity contribution in [1.82, 2.24) is 9.62 Å². The van der Waals surface area contributed by atoms with Gasteiger partial charge in [0, 0.05) is 18.1 Å². The van der Waals surface area contributed by atoms with Crippen LogP contribution in [0.4, 0.5) is 0 Å². The van der Waals surface area contributed by atoms with Crippen LogP contribution < -0.4 is 10.1 Å². The fourth-order valence-corrected chi connectivity index (χ4v) is 4.44. The molecule has 1 fully saturated rings. The van der Waals surface area contributed by atoms with Gasteiger partial charge in [-0.15, -0.1) is 0 Å². The van der Waals surface area contributed by atoms with E-state index in [-0.39, 0.29) is 23.5 Å². The van der Waals surface area contributed by atoms with E-state index in [1.54, 1.807) is 24.3 Å². The zero-order chi connectivity index (χ0) is 20.9. The molecule has 156 valence electrons. The molecule has 1 aliphatic rings. The van der Waals surface area contributed by atoms with Gasteiger partial charge in [0.05, 0.1) is 24.2 Å². The normalized spacial score (nSPS) is 16.2. The topological polar surface area (TPSA) is 84.9 Å². The Balaban J connectivity index is 1.53. The molecule has 0 saturated carbocycles. The molecule has 0 radical (unpaired) electrons. The number of halogens is 1. The van der Waals surface area contributed by atoms with Crippen LogP contribution in [-0.2, 0) is 19.6 Å². The van der Waals surface area contributed by atoms with Gasteiger partial charge in [0.25, 0.3) is 5.91 Å². The van der Waals surface area contributed by atoms with E-state index in [2.05, 4.69) is 5.32 Å². The van der Waals surface area contributed by atoms with Crippen LogP contribution in [0.5, 0.6) is 5.75 Å². The molecule has 1 heterocycles. The molecule has 1 unspecified atom stereocenters. The molecule has 29 heavy (non-hydrogen) atoms. The fraction of sp³-hybridized carbons (Fsp3) is 0.350. The molecule has 2 aromatic carbocycles. The first-order valence-electron chi connectivity index (χ1n) is 9.22. The van der Waals surface area contributed by atoms with Crippen LogP contribution in [0, 0.1) is 0 Å². The average molecular weight is 439 g/mol. The van der Waals surface area contributed by atoms with Gasteiger partial charge < -0.3 is 14.8 Å². The van der Waals surface area contributed by atoms with Crippen LogP contribution in [0.25, 0.3) is 0 Å². The van der Waals surface area contributed by atoms with E-state index in [9.17, 15) is 13.2 Å². The van der Waals surface area contributed by atoms with E-state index in [0.29, 0.717) is 37.1 Å². The largest absolute Gasteiger partial charge is 0.484 e. The first-order valence-corrected chi connectivity index (χ1v) is 11.0. The maximum absolute atomic E-state index is 12.6. The van der Waals surface area contributed by atoms with E-state index in [1.807, 2.05) is 19.1 Å². The number of amides is 1. The van der Waals surface area contributed by atoms with Gasteiger partial charge in [0.15, 0.2) is 6.61 Å². The summed E-state index contributed by atoms with van der Waals surface area (Å²) < 4.78 is 37.3. The molecule has 3 rings (SSSR count). The van der Waals surface area contributed by atoms with Gasteiger partial charge >= 0.3 is 0 Å². The second-order valence-electron chi connectivity index (χ2n) is 6.62. The highest BCUT2D eigenvalue weighted by Gasteiger charge is 2.26. The van der Waals surface area contributed by atoms with Crippen molar-refractivity contribution in [1.29, 1.82) is 0 Å². The number of rotatable bonds is 7. The van der Waals surface area contributed by atoms with Crippen molar-refractivity contribution in [3.05, 3.63) is 59.1 Å². The van der Waals surface area contributed by atoms with Crippen LogP contribution in [-0.4, -0.2) is 51.5 Å². The highest BCUT2D eigenvalue weighted by molar-refractivity contribution is 7.89. The zero-order valence-electron chi connectivity index (χ0n) is 16.0. The predicted octanol–water partition coefficient (Wildman–Crippen LogP) is 2.62. The van der Waals surface area contributed by atoms with Gasteiger partial charge in [-0.25, -0.2) is 8.42 Å². The lowest BCUT2D eigenvalue weighted by molar-refractivity contribution is -0.123. The first kappa shape index (κ1) is 21.6. The number of morpholine rings is 1. The fourth-order valence-electron chi connectivity index (χ4n) is 2.91. The summed E-state index contributed by atoms with van der Waals surface area (Å²) in [6.45, 7) is 3.16. The summed E-state index contributed by atoms with van der Waals surface area (Å²) in [6.07, 6.45) is 0. The van der Waals surface area contributed by atoms with Gasteiger partial charge in [-0.1, -0.05) is 23.7 Å². The van der Waals surface area contributed by atoms with Crippen molar-refractivity contribution in [3.8, 4) is 5.75 Å². The average Bonchev–Trinajstić information content (AvgIpc) is 2.73. The number of sulfonamides is 1. The Bertz CT molecular complexity index is 926. The number of carbonyl (C=O) groups excluding carboxylic acids is 1. The Labute approximate surface area is 175 Å². The number of hydrogen-bond donors (Lipinski definition) is 1. The summed E-state index contributed by atoms with van der Waals surface area (Å²) in [7, 11) is -3.55. The summed E-state index contributed by atoms with van der Waals surface area (Å²) in [5, 5.41) is 3.48. The minimum absolute atomic E-state index is 0.173. The van der Waals surface area contributed by atoms with Crippen molar-refractivity contribution < 1.29 is 22.7 Å². The third kappa shape index (κ3) is 5.70. The van der Waals surface area contributed by atoms with E-state index in [4.69, 9.17) is 21.1 Å². The van der Waals surface area contributed by atoms with Crippen LogP contribution in [0.1, 0.15) is 18.5 Å². The second kappa shape index (κ2) is 9.58. The minimum atomic E-state index is -3.55. The van der Waals surface area contributed by atoms with Crippen molar-refractivity contribution in [3.63, 3.8) is 0 Å². The molecule has 1 N–H and O–H groups in total. The molecule has 1 atom stereocenters. The summed E-state index contributed by atoms with van der Waals surface area (Å²) in [5.41, 5.74) is 0.931. The standard InChI is InChI=1S/C20H23ClN2O5S/c1-15(16-2-4-17(21)5-3-16)22-20(24)14-28-18-6-8-19(9-7-18)29(25,26)23-10-12-27-13-11-23/h2-9,15H,10-14H2,1H3,(H,22,24). The molecule has 1 saturated heterocycles. The molecule has 7 nitrogen and oxygen atoms in total. The van der Waals surface area contributed by atoms with E-state index < -0.39 is 10.0 Å². The van der Waals surface area contributed by atoms with E-state index >= 15 is 0 Å². The first-order chi connectivity index (χ1) is 13.9. The highest BCUT2D eigenvalue weighted by atomic mass is 35.5. The van der Waals surface area contributed by atoms with Gasteiger partial charge in [0.1, 0.15) is 5.75 Å². The Kier molecular flexibility index (Phi) is 7.13. The monoisotopic (exact) mass is 438 g/mol. The van der Waals surface area contributed by atoms with Crippen LogP contribution >= 0.6 is 11.6 Å². The molecule has 2 aromatic rings. The molecule has 1 aliphatic heterocycles. The molecule has 1 amide bonds. The van der Waals surface area contributed by atoms with Gasteiger partial charge in [-0.05, 0) is 48.9 Å². The maximum atomic E-state index is 12.6. The molecule has 0 spiro atoms. The second-order valence-corrected chi connectivity index (χ2v) is 8.99. The number of carbonyl (C=O) groups is 1. The van der Waals surface area contributed by atoms with Gasteiger partial charge in [-0.3, -0.25) is 4.79 Å². The Morgan fingerprint density at radius 1 is 1.14 bits per heavy atom. The van der Waals surface area contributed by atoms with E-state index in [0.717, 1.165) is 5.56 Å². The van der Waals surface area contributed by atoms with Gasteiger partial charge in [-0.2, -0.15) is 4.31 Å². The SMILES string of the molecule is CC(NC(=O)COc1ccc(S(=O)(=O)N2CCOCC2)cc1)c1ccc(Cl)cc1. The lowest BCUT2D eigenvalue weighted by Crippen LogP contribution is -2.40. The maximum Gasteiger partial charge on any atom is 0.258 e. The van der Waals surface area contributed by atoms with Crippen molar-refractivity contribution >= 4 is 27.5 Å². The van der Waals surface area contributed by atoms with Crippen molar-refractivity contribution in [2.24, 2.45) is 0 Å². The zero-order valence-corrected chi connectivity index (χ0v) is 17.6. The minimum Gasteiger partial charge on any atom is -0.484 e. The molecular weight excluding hydrogens is 416 g/mol. The highest BCUT2D eigenvalue weighted by Crippen LogP contribution is 2.21. The number of ether oxygens (including phenoxy) is 2. The Morgan fingerprint density at radius 2 is 1.76 bits per heavy atom. The van der Waals surface area contributed by atoms with E-state index in [1.165, 1.54) is 16.4 Å². The van der Waals surface area contributed by atoms with Crippen LogP contribution in [0.3, 0.4) is 0 Å². The van der Waals surface area contributed by atoms with Crippen LogP contribution in [0.2, 0.25) is 5.02 Å². The summed E-state index contributed by atoms with van der Waals surface area (Å²) >= 11 is 5.87. The summed E-state index contributed by atoms with van der Waals surface area (Å²) in [6, 6.07) is 13.1. The van der Waals surface area contributed by atoms with Crippen LogP contribution in [0.15, 0.2) is 53.4 Å². The molecule has 0 bridgehead atoms. The molecular formula is C20H23ClN2O5S. The smallest absolute Gasteiger partial charge is 0.258 e. The van der Waals surface area contributed by atoms with Crippen molar-refractivity contribution in [2.45, 2.75) is 17.9 Å². The number of benzene rings is 2. The Hall–Kier alpha value is -2.13.